The summed E-state index contributed by atoms with van der Waals surface area (Å²) < 4.78 is 0. The van der Waals surface area contributed by atoms with Crippen LogP contribution in [0.1, 0.15) is 13.3 Å². The van der Waals surface area contributed by atoms with Crippen LogP contribution in [-0.2, 0) is 0 Å². The molecule has 1 rings (SSSR count). The quantitative estimate of drug-likeness (QED) is 0.592. The van der Waals surface area contributed by atoms with Crippen molar-refractivity contribution in [3.63, 3.8) is 0 Å². The zero-order valence-electron chi connectivity index (χ0n) is 7.88. The number of hydrogen-bond donors (Lipinski definition) is 2. The molecule has 0 bridgehead atoms. The van der Waals surface area contributed by atoms with Gasteiger partial charge in [0.15, 0.2) is 0 Å². The van der Waals surface area contributed by atoms with E-state index in [9.17, 15) is 4.79 Å². The number of nitrogens with zero attached hydrogens (tertiary/aromatic N) is 1. The van der Waals surface area contributed by atoms with Crippen LogP contribution in [0, 0.1) is 0 Å². The molecule has 0 amide bonds. The molecular weight excluding hydrogens is 202 g/mol. The summed E-state index contributed by atoms with van der Waals surface area (Å²) in [5.74, 6) is 0.448. The van der Waals surface area contributed by atoms with Crippen molar-refractivity contribution in [1.29, 1.82) is 0 Å². The van der Waals surface area contributed by atoms with Crippen molar-refractivity contribution in [2.45, 2.75) is 13.3 Å². The Balaban J connectivity index is 2.52. The number of rotatable bonds is 4. The van der Waals surface area contributed by atoms with Gasteiger partial charge in [0.2, 0.25) is 5.95 Å². The Hall–Kier alpha value is -1.29. The van der Waals surface area contributed by atoms with E-state index in [1.807, 2.05) is 19.1 Å². The fraction of sp³-hybridized carbons (Fsp3) is 0.333. The molecule has 1 heterocycles. The van der Waals surface area contributed by atoms with Crippen LogP contribution in [0.5, 0.6) is 0 Å². The third-order valence-corrected chi connectivity index (χ3v) is 1.86. The van der Waals surface area contributed by atoms with E-state index in [1.54, 1.807) is 0 Å². The second-order valence-electron chi connectivity index (χ2n) is 2.69. The van der Waals surface area contributed by atoms with E-state index in [1.165, 1.54) is 6.20 Å². The van der Waals surface area contributed by atoms with E-state index in [0.29, 0.717) is 5.95 Å². The lowest BCUT2D eigenvalue weighted by Gasteiger charge is -2.02. The van der Waals surface area contributed by atoms with Crippen molar-refractivity contribution in [1.82, 2.24) is 9.97 Å². The van der Waals surface area contributed by atoms with E-state index in [0.717, 1.165) is 13.0 Å². The highest BCUT2D eigenvalue weighted by Gasteiger charge is 1.97. The molecule has 1 aromatic heterocycles. The van der Waals surface area contributed by atoms with Crippen LogP contribution in [0.25, 0.3) is 0 Å². The van der Waals surface area contributed by atoms with Gasteiger partial charge in [0, 0.05) is 6.54 Å². The number of halogens is 1. The van der Waals surface area contributed by atoms with Crippen molar-refractivity contribution in [3.8, 4) is 0 Å². The fourth-order valence-corrected chi connectivity index (χ4v) is 1.01. The van der Waals surface area contributed by atoms with E-state index in [4.69, 9.17) is 11.6 Å². The zero-order valence-corrected chi connectivity index (χ0v) is 8.64. The summed E-state index contributed by atoms with van der Waals surface area (Å²) >= 11 is 5.52. The van der Waals surface area contributed by atoms with Crippen LogP contribution < -0.4 is 10.9 Å². The minimum Gasteiger partial charge on any atom is -0.355 e. The highest BCUT2D eigenvalue weighted by molar-refractivity contribution is 6.30. The Labute approximate surface area is 87.0 Å². The van der Waals surface area contributed by atoms with Crippen LogP contribution in [0.4, 0.5) is 5.95 Å². The number of aromatic nitrogens is 2. The number of allylic oxidation sites excluding steroid dienone is 1. The Bertz CT molecular complexity index is 373. The second-order valence-corrected chi connectivity index (χ2v) is 3.10. The molecule has 0 spiro atoms. The highest BCUT2D eigenvalue weighted by atomic mass is 35.5. The molecule has 0 saturated heterocycles. The van der Waals surface area contributed by atoms with E-state index >= 15 is 0 Å². The molecule has 76 valence electrons. The van der Waals surface area contributed by atoms with Gasteiger partial charge in [-0.3, -0.25) is 9.78 Å². The summed E-state index contributed by atoms with van der Waals surface area (Å²) in [6, 6.07) is 0. The second kappa shape index (κ2) is 5.44. The van der Waals surface area contributed by atoms with Gasteiger partial charge in [-0.25, -0.2) is 4.98 Å². The Morgan fingerprint density at radius 2 is 2.50 bits per heavy atom. The Morgan fingerprint density at radius 3 is 3.14 bits per heavy atom. The van der Waals surface area contributed by atoms with Crippen molar-refractivity contribution >= 4 is 17.5 Å². The monoisotopic (exact) mass is 213 g/mol. The molecule has 1 aromatic rings. The molecule has 0 aliphatic heterocycles. The predicted octanol–water partition coefficient (Wildman–Crippen LogP) is 1.80. The lowest BCUT2D eigenvalue weighted by molar-refractivity contribution is 1.00. The van der Waals surface area contributed by atoms with Gasteiger partial charge in [-0.2, -0.15) is 0 Å². The lowest BCUT2D eigenvalue weighted by Crippen LogP contribution is -2.13. The fourth-order valence-electron chi connectivity index (χ4n) is 0.910. The number of nitrogens with one attached hydrogen (secondary N) is 2. The molecule has 5 heteroatoms. The lowest BCUT2D eigenvalue weighted by atomic mass is 10.4. The van der Waals surface area contributed by atoms with Crippen molar-refractivity contribution in [2.75, 3.05) is 11.9 Å². The number of H-pyrrole nitrogens is 1. The number of anilines is 1. The smallest absolute Gasteiger partial charge is 0.271 e. The summed E-state index contributed by atoms with van der Waals surface area (Å²) in [5.41, 5.74) is -0.324. The maximum Gasteiger partial charge on any atom is 0.271 e. The van der Waals surface area contributed by atoms with Gasteiger partial charge >= 0.3 is 0 Å². The summed E-state index contributed by atoms with van der Waals surface area (Å²) in [4.78, 5) is 17.5. The highest BCUT2D eigenvalue weighted by Crippen LogP contribution is 1.99. The first-order valence-corrected chi connectivity index (χ1v) is 4.71. The largest absolute Gasteiger partial charge is 0.355 e. The molecule has 0 aromatic carbocycles. The number of hydrogen-bond acceptors (Lipinski definition) is 3. The van der Waals surface area contributed by atoms with Gasteiger partial charge in [-0.1, -0.05) is 23.8 Å². The summed E-state index contributed by atoms with van der Waals surface area (Å²) in [6.45, 7) is 2.69. The molecule has 0 aliphatic rings. The van der Waals surface area contributed by atoms with Crippen LogP contribution >= 0.6 is 11.6 Å². The van der Waals surface area contributed by atoms with Gasteiger partial charge in [0.1, 0.15) is 5.02 Å². The van der Waals surface area contributed by atoms with E-state index in [-0.39, 0.29) is 10.6 Å². The van der Waals surface area contributed by atoms with Gasteiger partial charge < -0.3 is 5.32 Å². The standard InChI is InChI=1S/C9H12ClN3O/c1-2-3-4-5-11-9-12-6-7(10)8(14)13-9/h2-3,6H,4-5H2,1H3,(H2,11,12,13,14)/b3-2+. The minimum absolute atomic E-state index is 0.101. The van der Waals surface area contributed by atoms with Gasteiger partial charge in [0.25, 0.3) is 5.56 Å². The van der Waals surface area contributed by atoms with Crippen LogP contribution in [0.3, 0.4) is 0 Å². The molecule has 14 heavy (non-hydrogen) atoms. The molecule has 0 saturated carbocycles. The molecule has 0 fully saturated rings. The van der Waals surface area contributed by atoms with Gasteiger partial charge in [-0.15, -0.1) is 0 Å². The average Bonchev–Trinajstić information content (AvgIpc) is 2.18. The predicted molar refractivity (Wildman–Crippen MR) is 57.8 cm³/mol. The third-order valence-electron chi connectivity index (χ3n) is 1.59. The maximum atomic E-state index is 11.0. The maximum absolute atomic E-state index is 11.0. The van der Waals surface area contributed by atoms with Crippen LogP contribution in [-0.4, -0.2) is 16.5 Å². The van der Waals surface area contributed by atoms with Gasteiger partial charge in [-0.05, 0) is 13.3 Å². The minimum atomic E-state index is -0.324. The van der Waals surface area contributed by atoms with E-state index < -0.39 is 0 Å². The van der Waals surface area contributed by atoms with Crippen molar-refractivity contribution < 1.29 is 0 Å². The Morgan fingerprint density at radius 1 is 1.71 bits per heavy atom. The summed E-state index contributed by atoms with van der Waals surface area (Å²) in [6.07, 6.45) is 6.22. The first-order chi connectivity index (χ1) is 6.74. The molecule has 2 N–H and O–H groups in total. The molecule has 0 aliphatic carbocycles. The zero-order chi connectivity index (χ0) is 10.4. The van der Waals surface area contributed by atoms with Crippen molar-refractivity contribution in [3.05, 3.63) is 33.7 Å². The first kappa shape index (κ1) is 10.8. The van der Waals surface area contributed by atoms with Gasteiger partial charge in [0.05, 0.1) is 6.20 Å². The molecule has 0 unspecified atom stereocenters. The SMILES string of the molecule is C/C=C/CCNc1ncc(Cl)c(=O)[nH]1. The third kappa shape index (κ3) is 3.22. The molecule has 0 atom stereocenters. The molecular formula is C9H12ClN3O. The topological polar surface area (TPSA) is 57.8 Å². The van der Waals surface area contributed by atoms with E-state index in [2.05, 4.69) is 15.3 Å². The Kier molecular flexibility index (Phi) is 4.19. The average molecular weight is 214 g/mol. The number of aromatic amines is 1. The molecule has 4 nitrogen and oxygen atoms in total. The normalized spacial score (nSPS) is 10.7. The summed E-state index contributed by atoms with van der Waals surface area (Å²) in [5, 5.41) is 3.07. The van der Waals surface area contributed by atoms with Crippen LogP contribution in [0.15, 0.2) is 23.1 Å². The van der Waals surface area contributed by atoms with Crippen LogP contribution in [0.2, 0.25) is 5.02 Å². The molecule has 0 radical (unpaired) electrons. The summed E-state index contributed by atoms with van der Waals surface area (Å²) in [7, 11) is 0. The first-order valence-electron chi connectivity index (χ1n) is 4.34. The van der Waals surface area contributed by atoms with Crippen molar-refractivity contribution in [2.24, 2.45) is 0 Å².